The van der Waals surface area contributed by atoms with Crippen LogP contribution in [-0.2, 0) is 37.4 Å². The molecule has 2 heterocycles. The Morgan fingerprint density at radius 2 is 2.00 bits per heavy atom. The maximum atomic E-state index is 11.7. The summed E-state index contributed by atoms with van der Waals surface area (Å²) >= 11 is 0. The largest absolute Gasteiger partial charge is 0.463 e. The van der Waals surface area contributed by atoms with E-state index in [1.165, 1.54) is 6.08 Å². The molecule has 2 aliphatic heterocycles. The molecule has 0 saturated carbocycles. The summed E-state index contributed by atoms with van der Waals surface area (Å²) in [5.41, 5.74) is 0. The second-order valence-corrected chi connectivity index (χ2v) is 8.34. The van der Waals surface area contributed by atoms with Crippen LogP contribution in [-0.4, -0.2) is 68.5 Å². The minimum atomic E-state index is -1.45. The molecule has 2 atom stereocenters. The first kappa shape index (κ1) is 23.7. The van der Waals surface area contributed by atoms with Gasteiger partial charge in [-0.2, -0.15) is 0 Å². The molecule has 2 saturated heterocycles. The third-order valence-corrected chi connectivity index (χ3v) is 5.30. The second kappa shape index (κ2) is 12.2. The number of amides is 2. The summed E-state index contributed by atoms with van der Waals surface area (Å²) in [6.45, 7) is 4.75. The molecule has 0 bridgehead atoms. The molecule has 2 rings (SSSR count). The molecule has 2 unspecified atom stereocenters. The number of imide groups is 1. The molecule has 1 N–H and O–H groups in total. The van der Waals surface area contributed by atoms with Crippen LogP contribution >= 0.6 is 8.60 Å². The lowest BCUT2D eigenvalue weighted by atomic mass is 10.1. The molecule has 164 valence electrons. The lowest BCUT2D eigenvalue weighted by Gasteiger charge is -2.28. The second-order valence-electron chi connectivity index (χ2n) is 7.12. The van der Waals surface area contributed by atoms with Crippen molar-refractivity contribution in [2.75, 3.05) is 26.9 Å². The third kappa shape index (κ3) is 8.76. The third-order valence-electron chi connectivity index (χ3n) is 4.22. The van der Waals surface area contributed by atoms with Gasteiger partial charge in [-0.3, -0.25) is 19.7 Å². The van der Waals surface area contributed by atoms with E-state index in [9.17, 15) is 14.4 Å². The monoisotopic (exact) mass is 432 g/mol. The van der Waals surface area contributed by atoms with E-state index < -0.39 is 14.5 Å². The predicted molar refractivity (Wildman–Crippen MR) is 103 cm³/mol. The van der Waals surface area contributed by atoms with Gasteiger partial charge in [0.15, 0.2) is 0 Å². The molecule has 2 fully saturated rings. The molecular formula is C18H29N2O8P. The van der Waals surface area contributed by atoms with Crippen molar-refractivity contribution in [2.24, 2.45) is 5.92 Å². The van der Waals surface area contributed by atoms with Gasteiger partial charge in [0.05, 0.1) is 38.4 Å². The van der Waals surface area contributed by atoms with Gasteiger partial charge in [0.1, 0.15) is 6.23 Å². The summed E-state index contributed by atoms with van der Waals surface area (Å²) in [6.07, 6.45) is 4.60. The van der Waals surface area contributed by atoms with Gasteiger partial charge >= 0.3 is 14.6 Å². The number of rotatable bonds is 10. The average molecular weight is 432 g/mol. The number of nitrogens with zero attached hydrogens (tertiary/aromatic N) is 1. The van der Waals surface area contributed by atoms with Crippen LogP contribution in [0, 0.1) is 5.92 Å². The summed E-state index contributed by atoms with van der Waals surface area (Å²) in [5.74, 6) is -0.779. The quantitative estimate of drug-likeness (QED) is 0.237. The summed E-state index contributed by atoms with van der Waals surface area (Å²) in [4.78, 5) is 34.9. The van der Waals surface area contributed by atoms with Crippen molar-refractivity contribution in [1.82, 2.24) is 10.2 Å². The first-order chi connectivity index (χ1) is 13.9. The molecular weight excluding hydrogens is 403 g/mol. The Morgan fingerprint density at radius 3 is 2.66 bits per heavy atom. The van der Waals surface area contributed by atoms with Crippen LogP contribution in [0.4, 0.5) is 0 Å². The highest BCUT2D eigenvalue weighted by Crippen LogP contribution is 2.44. The van der Waals surface area contributed by atoms with Crippen molar-refractivity contribution in [3.05, 3.63) is 12.3 Å². The Kier molecular flexibility index (Phi) is 9.96. The summed E-state index contributed by atoms with van der Waals surface area (Å²) in [7, 11) is 0.341. The lowest BCUT2D eigenvalue weighted by molar-refractivity contribution is -0.149. The van der Waals surface area contributed by atoms with Crippen LogP contribution in [0.5, 0.6) is 0 Å². The maximum absolute atomic E-state index is 11.7. The molecule has 0 aromatic carbocycles. The minimum Gasteiger partial charge on any atom is -0.463 e. The smallest absolute Gasteiger partial charge is 0.332 e. The fourth-order valence-corrected chi connectivity index (χ4v) is 3.97. The van der Waals surface area contributed by atoms with Crippen molar-refractivity contribution < 1.29 is 37.4 Å². The van der Waals surface area contributed by atoms with Gasteiger partial charge in [-0.15, -0.1) is 0 Å². The molecule has 29 heavy (non-hydrogen) atoms. The molecule has 0 spiro atoms. The van der Waals surface area contributed by atoms with E-state index in [4.69, 9.17) is 23.0 Å². The normalized spacial score (nSPS) is 27.2. The van der Waals surface area contributed by atoms with Gasteiger partial charge in [0, 0.05) is 25.2 Å². The van der Waals surface area contributed by atoms with Crippen LogP contribution < -0.4 is 5.32 Å². The van der Waals surface area contributed by atoms with Gasteiger partial charge in [-0.25, -0.2) is 0 Å². The van der Waals surface area contributed by atoms with E-state index >= 15 is 0 Å². The van der Waals surface area contributed by atoms with Crippen LogP contribution in [0.15, 0.2) is 12.3 Å². The van der Waals surface area contributed by atoms with Crippen LogP contribution in [0.1, 0.15) is 33.1 Å². The molecule has 0 aliphatic carbocycles. The number of carbonyl (C=O) groups excluding carboxylic acids is 3. The fourth-order valence-electron chi connectivity index (χ4n) is 2.80. The number of esters is 1. The zero-order valence-corrected chi connectivity index (χ0v) is 17.8. The molecule has 10 nitrogen and oxygen atoms in total. The first-order valence-corrected chi connectivity index (χ1v) is 10.6. The Labute approximate surface area is 171 Å². The van der Waals surface area contributed by atoms with Crippen molar-refractivity contribution in [3.63, 3.8) is 0 Å². The van der Waals surface area contributed by atoms with Crippen molar-refractivity contribution in [1.29, 1.82) is 0 Å². The number of carbonyl (C=O) groups is 3. The fraction of sp³-hybridized carbons (Fsp3) is 0.722. The van der Waals surface area contributed by atoms with Crippen molar-refractivity contribution in [3.8, 4) is 0 Å². The Morgan fingerprint density at radius 1 is 1.28 bits per heavy atom. The number of hydrogen-bond acceptors (Lipinski definition) is 9. The van der Waals surface area contributed by atoms with Gasteiger partial charge < -0.3 is 27.9 Å². The average Bonchev–Trinajstić information content (AvgIpc) is 3.14. The highest BCUT2D eigenvalue weighted by atomic mass is 31.2. The lowest BCUT2D eigenvalue weighted by Crippen LogP contribution is -2.29. The van der Waals surface area contributed by atoms with Gasteiger partial charge in [-0.05, 0) is 26.7 Å². The molecule has 2 amide bonds. The first-order valence-electron chi connectivity index (χ1n) is 9.55. The van der Waals surface area contributed by atoms with Crippen LogP contribution in [0.25, 0.3) is 0 Å². The van der Waals surface area contributed by atoms with Crippen molar-refractivity contribution >= 4 is 26.9 Å². The van der Waals surface area contributed by atoms with E-state index in [0.717, 1.165) is 12.8 Å². The minimum absolute atomic E-state index is 0.0347. The van der Waals surface area contributed by atoms with E-state index in [2.05, 4.69) is 0 Å². The summed E-state index contributed by atoms with van der Waals surface area (Å²) in [6, 6.07) is 0. The van der Waals surface area contributed by atoms with E-state index in [-0.39, 0.29) is 36.7 Å². The van der Waals surface area contributed by atoms with Gasteiger partial charge in [0.2, 0.25) is 6.41 Å². The molecule has 11 heteroatoms. The Bertz CT molecular complexity index is 580. The van der Waals surface area contributed by atoms with Crippen LogP contribution in [0.3, 0.4) is 0 Å². The highest BCUT2D eigenvalue weighted by Gasteiger charge is 2.31. The topological polar surface area (TPSA) is 113 Å². The number of ether oxygens (including phenoxy) is 2. The van der Waals surface area contributed by atoms with Crippen molar-refractivity contribution in [2.45, 2.75) is 51.5 Å². The standard InChI is InChI=1S/C18H29N2O8P/c1-13(2)27-18(23)8-14-9-24-29(25-10-14)26-11-15-4-5-17(28-15)20(3)7-6-16(22)19-12-21/h6-7,12-15,17H,4-5,8-11H2,1-3H3,(H,19,21,22)/b7-6-. The molecule has 0 radical (unpaired) electrons. The zero-order valence-electron chi connectivity index (χ0n) is 16.9. The van der Waals surface area contributed by atoms with E-state index in [1.54, 1.807) is 18.1 Å². The number of nitrogens with one attached hydrogen (secondary N) is 1. The van der Waals surface area contributed by atoms with Gasteiger partial charge in [0.25, 0.3) is 5.91 Å². The van der Waals surface area contributed by atoms with Gasteiger partial charge in [-0.1, -0.05) is 0 Å². The predicted octanol–water partition coefficient (Wildman–Crippen LogP) is 1.46. The summed E-state index contributed by atoms with van der Waals surface area (Å²) in [5, 5.41) is 2.03. The Balaban J connectivity index is 1.62. The molecule has 0 aromatic heterocycles. The van der Waals surface area contributed by atoms with Crippen LogP contribution in [0.2, 0.25) is 0 Å². The van der Waals surface area contributed by atoms with E-state index in [1.807, 2.05) is 19.2 Å². The van der Waals surface area contributed by atoms with E-state index in [0.29, 0.717) is 26.2 Å². The number of hydrogen-bond donors (Lipinski definition) is 1. The maximum Gasteiger partial charge on any atom is 0.332 e. The highest BCUT2D eigenvalue weighted by molar-refractivity contribution is 7.41. The zero-order chi connectivity index (χ0) is 21.2. The Hall–Kier alpha value is -1.58. The molecule has 0 aromatic rings. The SMILES string of the molecule is CC(C)OC(=O)CC1COP(OCC2CCC(N(C)/C=C\C(=O)NC=O)O2)OC1. The molecule has 2 aliphatic rings. The summed E-state index contributed by atoms with van der Waals surface area (Å²) < 4.78 is 27.9.